The zero-order valence-corrected chi connectivity index (χ0v) is 13.2. The molecule has 0 N–H and O–H groups in total. The number of hydrogen-bond donors (Lipinski definition) is 0. The molecule has 2 atom stereocenters. The van der Waals surface area contributed by atoms with Crippen LogP contribution in [0.15, 0.2) is 48.1 Å². The van der Waals surface area contributed by atoms with Gasteiger partial charge < -0.3 is 4.90 Å². The van der Waals surface area contributed by atoms with E-state index in [4.69, 9.17) is 0 Å². The maximum atomic E-state index is 2.75. The molecule has 4 bridgehead atoms. The van der Waals surface area contributed by atoms with Crippen molar-refractivity contribution in [3.63, 3.8) is 0 Å². The van der Waals surface area contributed by atoms with Crippen molar-refractivity contribution in [2.24, 2.45) is 23.7 Å². The normalized spacial score (nSPS) is 39.0. The first-order chi connectivity index (χ1) is 10.8. The molecule has 1 aromatic rings. The average molecular weight is 291 g/mol. The summed E-state index contributed by atoms with van der Waals surface area (Å²) in [4.78, 5) is 2.75. The first kappa shape index (κ1) is 13.1. The molecule has 2 aliphatic carbocycles. The Bertz CT molecular complexity index is 597. The van der Waals surface area contributed by atoms with Crippen molar-refractivity contribution in [2.75, 3.05) is 19.6 Å². The van der Waals surface area contributed by atoms with Crippen molar-refractivity contribution in [3.8, 4) is 0 Å². The van der Waals surface area contributed by atoms with Crippen LogP contribution >= 0.6 is 0 Å². The molecule has 1 saturated carbocycles. The zero-order valence-electron chi connectivity index (χ0n) is 13.2. The molecule has 4 fully saturated rings. The molecule has 0 radical (unpaired) electrons. The van der Waals surface area contributed by atoms with Gasteiger partial charge in [0.1, 0.15) is 0 Å². The molecule has 3 heterocycles. The van der Waals surface area contributed by atoms with Gasteiger partial charge in [-0.3, -0.25) is 0 Å². The fourth-order valence-corrected chi connectivity index (χ4v) is 5.72. The predicted octanol–water partition coefficient (Wildman–Crippen LogP) is 4.38. The van der Waals surface area contributed by atoms with Crippen molar-refractivity contribution < 1.29 is 0 Å². The van der Waals surface area contributed by atoms with Crippen LogP contribution in [0, 0.1) is 23.7 Å². The van der Waals surface area contributed by atoms with Gasteiger partial charge in [-0.15, -0.1) is 0 Å². The Morgan fingerprint density at radius 3 is 2.41 bits per heavy atom. The second kappa shape index (κ2) is 5.09. The molecule has 2 unspecified atom stereocenters. The van der Waals surface area contributed by atoms with Gasteiger partial charge in [-0.25, -0.2) is 0 Å². The van der Waals surface area contributed by atoms with E-state index < -0.39 is 0 Å². The topological polar surface area (TPSA) is 3.24 Å². The van der Waals surface area contributed by atoms with E-state index in [1.54, 1.807) is 5.57 Å². The van der Waals surface area contributed by atoms with Gasteiger partial charge >= 0.3 is 0 Å². The lowest BCUT2D eigenvalue weighted by Gasteiger charge is -2.56. The van der Waals surface area contributed by atoms with Gasteiger partial charge in [0.05, 0.1) is 0 Å². The highest BCUT2D eigenvalue weighted by molar-refractivity contribution is 5.72. The lowest BCUT2D eigenvalue weighted by molar-refractivity contribution is -0.0637. The van der Waals surface area contributed by atoms with E-state index in [9.17, 15) is 0 Å². The number of rotatable bonds is 3. The molecule has 1 heteroatoms. The quantitative estimate of drug-likeness (QED) is 0.799. The molecule has 6 rings (SSSR count). The van der Waals surface area contributed by atoms with Crippen LogP contribution in [0.1, 0.15) is 31.2 Å². The summed E-state index contributed by atoms with van der Waals surface area (Å²) in [5.41, 5.74) is 4.61. The van der Waals surface area contributed by atoms with Crippen LogP contribution in [-0.4, -0.2) is 24.5 Å². The van der Waals surface area contributed by atoms with Gasteiger partial charge in [0.15, 0.2) is 0 Å². The minimum Gasteiger partial charge on any atom is -0.302 e. The van der Waals surface area contributed by atoms with E-state index in [-0.39, 0.29) is 0 Å². The smallest absolute Gasteiger partial charge is 0.00129 e. The molecule has 114 valence electrons. The summed E-state index contributed by atoms with van der Waals surface area (Å²) < 4.78 is 0. The summed E-state index contributed by atoms with van der Waals surface area (Å²) in [6.45, 7) is 4.19. The van der Waals surface area contributed by atoms with Gasteiger partial charge in [0, 0.05) is 19.6 Å². The fourth-order valence-electron chi connectivity index (χ4n) is 5.72. The SMILES string of the molecule is C1=C(CC2C3CC4CC2CN(C4)C3)CC(c2ccccc2)=C1. The van der Waals surface area contributed by atoms with Crippen molar-refractivity contribution in [1.29, 1.82) is 0 Å². The van der Waals surface area contributed by atoms with Crippen molar-refractivity contribution >= 4 is 5.57 Å². The van der Waals surface area contributed by atoms with Gasteiger partial charge in [-0.05, 0) is 60.5 Å². The molecule has 0 amide bonds. The summed E-state index contributed by atoms with van der Waals surface area (Å²) in [7, 11) is 0. The van der Waals surface area contributed by atoms with Crippen LogP contribution in [-0.2, 0) is 0 Å². The standard InChI is InChI=1S/C21H25N/c1-2-4-17(5-3-1)18-7-6-15(8-18)11-21-19-9-16-10-20(21)14-22(12-16)13-19/h1-7,16,19-21H,8-14H2. The Balaban J connectivity index is 1.27. The summed E-state index contributed by atoms with van der Waals surface area (Å²) in [5, 5.41) is 0. The monoisotopic (exact) mass is 291 g/mol. The van der Waals surface area contributed by atoms with Gasteiger partial charge in [-0.2, -0.15) is 0 Å². The van der Waals surface area contributed by atoms with Crippen LogP contribution in [0.2, 0.25) is 0 Å². The van der Waals surface area contributed by atoms with E-state index in [1.807, 2.05) is 0 Å². The maximum Gasteiger partial charge on any atom is 0.00129 e. The number of piperidine rings is 3. The van der Waals surface area contributed by atoms with Gasteiger partial charge in [0.2, 0.25) is 0 Å². The lowest BCUT2D eigenvalue weighted by atomic mass is 9.60. The first-order valence-electron chi connectivity index (χ1n) is 9.01. The highest BCUT2D eigenvalue weighted by Gasteiger charge is 2.47. The Morgan fingerprint density at radius 1 is 0.909 bits per heavy atom. The molecule has 0 spiro atoms. The van der Waals surface area contributed by atoms with E-state index in [0.29, 0.717) is 0 Å². The van der Waals surface area contributed by atoms with E-state index in [1.165, 1.54) is 56.5 Å². The molecule has 5 aliphatic rings. The minimum absolute atomic E-state index is 0.975. The molecule has 1 nitrogen and oxygen atoms in total. The second-order valence-electron chi connectivity index (χ2n) is 8.00. The van der Waals surface area contributed by atoms with E-state index in [0.717, 1.165) is 23.7 Å². The number of benzene rings is 1. The first-order valence-corrected chi connectivity index (χ1v) is 9.01. The molecule has 0 aromatic heterocycles. The largest absolute Gasteiger partial charge is 0.302 e. The summed E-state index contributed by atoms with van der Waals surface area (Å²) >= 11 is 0. The van der Waals surface area contributed by atoms with Gasteiger partial charge in [-0.1, -0.05) is 48.1 Å². The molecule has 3 aliphatic heterocycles. The minimum atomic E-state index is 0.975. The highest BCUT2D eigenvalue weighted by atomic mass is 15.2. The highest BCUT2D eigenvalue weighted by Crippen LogP contribution is 2.50. The molecular weight excluding hydrogens is 266 g/mol. The zero-order chi connectivity index (χ0) is 14.5. The maximum absolute atomic E-state index is 2.75. The van der Waals surface area contributed by atoms with Crippen molar-refractivity contribution in [1.82, 2.24) is 4.90 Å². The summed E-state index contributed by atoms with van der Waals surface area (Å²) in [5.74, 6) is 3.99. The van der Waals surface area contributed by atoms with Crippen LogP contribution < -0.4 is 0 Å². The van der Waals surface area contributed by atoms with Crippen molar-refractivity contribution in [2.45, 2.75) is 25.7 Å². The number of hydrogen-bond acceptors (Lipinski definition) is 1. The Morgan fingerprint density at radius 2 is 1.68 bits per heavy atom. The number of nitrogens with zero attached hydrogens (tertiary/aromatic N) is 1. The van der Waals surface area contributed by atoms with Crippen molar-refractivity contribution in [3.05, 3.63) is 53.6 Å². The van der Waals surface area contributed by atoms with Crippen LogP contribution in [0.4, 0.5) is 0 Å². The third kappa shape index (κ3) is 2.18. The van der Waals surface area contributed by atoms with E-state index in [2.05, 4.69) is 47.4 Å². The summed E-state index contributed by atoms with van der Waals surface area (Å²) in [6.07, 6.45) is 10.4. The molecule has 1 aromatic carbocycles. The Kier molecular flexibility index (Phi) is 3.04. The third-order valence-electron chi connectivity index (χ3n) is 6.57. The molecular formula is C21H25N. The van der Waals surface area contributed by atoms with Crippen LogP contribution in [0.5, 0.6) is 0 Å². The Hall–Kier alpha value is -1.34. The molecule has 3 saturated heterocycles. The predicted molar refractivity (Wildman–Crippen MR) is 91.4 cm³/mol. The second-order valence-corrected chi connectivity index (χ2v) is 8.00. The van der Waals surface area contributed by atoms with E-state index >= 15 is 0 Å². The average Bonchev–Trinajstić information content (AvgIpc) is 3.00. The summed E-state index contributed by atoms with van der Waals surface area (Å²) in [6, 6.07) is 10.9. The third-order valence-corrected chi connectivity index (χ3v) is 6.57. The van der Waals surface area contributed by atoms with Gasteiger partial charge in [0.25, 0.3) is 0 Å². The fraction of sp³-hybridized carbons (Fsp3) is 0.524. The van der Waals surface area contributed by atoms with Crippen LogP contribution in [0.25, 0.3) is 5.57 Å². The molecule has 22 heavy (non-hydrogen) atoms. The Labute approximate surface area is 133 Å². The lowest BCUT2D eigenvalue weighted by Crippen LogP contribution is -2.57. The van der Waals surface area contributed by atoms with Crippen LogP contribution in [0.3, 0.4) is 0 Å². The number of allylic oxidation sites excluding steroid dienone is 4.